The minimum Gasteiger partial charge on any atom is -0.507 e. The number of hydrogen-bond donors (Lipinski definition) is 2. The van der Waals surface area contributed by atoms with Crippen LogP contribution in [0.2, 0.25) is 5.02 Å². The number of halogens is 4. The quantitative estimate of drug-likeness (QED) is 0.562. The predicted octanol–water partition coefficient (Wildman–Crippen LogP) is 4.62. The van der Waals surface area contributed by atoms with Gasteiger partial charge in [0.25, 0.3) is 5.70 Å². The summed E-state index contributed by atoms with van der Waals surface area (Å²) in [4.78, 5) is 21.2. The van der Waals surface area contributed by atoms with Gasteiger partial charge in [0.05, 0.1) is 22.5 Å². The summed E-state index contributed by atoms with van der Waals surface area (Å²) in [7, 11) is 0. The van der Waals surface area contributed by atoms with Gasteiger partial charge in [0.15, 0.2) is 0 Å². The van der Waals surface area contributed by atoms with Gasteiger partial charge in [-0.3, -0.25) is 10.1 Å². The lowest BCUT2D eigenvalue weighted by molar-refractivity contribution is -0.425. The van der Waals surface area contributed by atoms with Gasteiger partial charge in [-0.15, -0.1) is 0 Å². The summed E-state index contributed by atoms with van der Waals surface area (Å²) < 4.78 is 39.4. The number of phenols is 1. The molecule has 0 atom stereocenters. The van der Waals surface area contributed by atoms with Gasteiger partial charge < -0.3 is 10.2 Å². The first-order valence-electron chi connectivity index (χ1n) is 7.26. The number of hydrogen-bond acceptors (Lipinski definition) is 4. The minimum atomic E-state index is -4.76. The first-order chi connectivity index (χ1) is 12.5. The number of alkyl halides is 3. The molecule has 2 aromatic rings. The van der Waals surface area contributed by atoms with Crippen LogP contribution in [0.25, 0.3) is 6.08 Å². The molecule has 0 aromatic heterocycles. The van der Waals surface area contributed by atoms with Crippen molar-refractivity contribution >= 4 is 23.6 Å². The van der Waals surface area contributed by atoms with Crippen molar-refractivity contribution in [1.82, 2.24) is 0 Å². The maximum atomic E-state index is 13.1. The number of benzene rings is 2. The number of carbonyl (C=O) groups is 1. The first-order valence-corrected chi connectivity index (χ1v) is 7.63. The lowest BCUT2D eigenvalue weighted by atomic mass is 10.0. The summed E-state index contributed by atoms with van der Waals surface area (Å²) in [5, 5.41) is 29.8. The molecular formula is C17H11ClF3NO5. The van der Waals surface area contributed by atoms with E-state index in [-0.39, 0.29) is 21.7 Å². The van der Waals surface area contributed by atoms with Crippen LogP contribution < -0.4 is 0 Å². The van der Waals surface area contributed by atoms with Crippen molar-refractivity contribution in [2.75, 3.05) is 0 Å². The highest BCUT2D eigenvalue weighted by molar-refractivity contribution is 6.30. The van der Waals surface area contributed by atoms with Gasteiger partial charge in [-0.25, -0.2) is 4.79 Å². The Morgan fingerprint density at radius 1 is 1.22 bits per heavy atom. The van der Waals surface area contributed by atoms with Crippen LogP contribution >= 0.6 is 11.6 Å². The van der Waals surface area contributed by atoms with Crippen molar-refractivity contribution < 1.29 is 33.1 Å². The highest BCUT2D eigenvalue weighted by atomic mass is 35.5. The van der Waals surface area contributed by atoms with E-state index in [9.17, 15) is 33.2 Å². The van der Waals surface area contributed by atoms with E-state index < -0.39 is 40.5 Å². The molecule has 0 fully saturated rings. The lowest BCUT2D eigenvalue weighted by Gasteiger charge is -2.12. The zero-order valence-electron chi connectivity index (χ0n) is 13.3. The number of rotatable bonds is 5. The molecule has 0 bridgehead atoms. The second-order valence-corrected chi connectivity index (χ2v) is 5.88. The van der Waals surface area contributed by atoms with E-state index in [1.807, 2.05) is 0 Å². The summed E-state index contributed by atoms with van der Waals surface area (Å²) >= 11 is 5.58. The van der Waals surface area contributed by atoms with E-state index in [4.69, 9.17) is 16.7 Å². The molecule has 0 saturated carbocycles. The van der Waals surface area contributed by atoms with Gasteiger partial charge >= 0.3 is 12.1 Å². The summed E-state index contributed by atoms with van der Waals surface area (Å²) in [6.45, 7) is 0. The van der Waals surface area contributed by atoms with Crippen LogP contribution in [0.5, 0.6) is 5.75 Å². The Morgan fingerprint density at radius 2 is 1.89 bits per heavy atom. The average Bonchev–Trinajstić information content (AvgIpc) is 2.55. The third-order valence-corrected chi connectivity index (χ3v) is 3.82. The molecule has 0 aliphatic heterocycles. The summed E-state index contributed by atoms with van der Waals surface area (Å²) in [6.07, 6.45) is -4.55. The highest BCUT2D eigenvalue weighted by Crippen LogP contribution is 2.35. The number of allylic oxidation sites excluding steroid dienone is 1. The second kappa shape index (κ2) is 7.67. The van der Waals surface area contributed by atoms with Gasteiger partial charge in [-0.1, -0.05) is 23.7 Å². The van der Waals surface area contributed by atoms with Gasteiger partial charge in [-0.05, 0) is 29.8 Å². The van der Waals surface area contributed by atoms with E-state index in [2.05, 4.69) is 0 Å². The summed E-state index contributed by atoms with van der Waals surface area (Å²) in [6, 6.07) is 6.01. The molecule has 0 radical (unpaired) electrons. The highest BCUT2D eigenvalue weighted by Gasteiger charge is 2.34. The topological polar surface area (TPSA) is 101 Å². The summed E-state index contributed by atoms with van der Waals surface area (Å²) in [5.74, 6) is -1.87. The fourth-order valence-corrected chi connectivity index (χ4v) is 2.48. The predicted molar refractivity (Wildman–Crippen MR) is 90.2 cm³/mol. The maximum absolute atomic E-state index is 13.1. The number of aromatic hydroxyl groups is 1. The molecule has 2 rings (SSSR count). The number of carboxylic acids is 1. The number of nitro groups is 1. The minimum absolute atomic E-state index is 0.103. The van der Waals surface area contributed by atoms with Crippen molar-refractivity contribution in [3.8, 4) is 5.75 Å². The normalized spacial score (nSPS) is 12.1. The zero-order chi connectivity index (χ0) is 20.4. The van der Waals surface area contributed by atoms with Gasteiger partial charge in [0, 0.05) is 16.7 Å². The molecule has 27 heavy (non-hydrogen) atoms. The van der Waals surface area contributed by atoms with Crippen molar-refractivity contribution in [3.63, 3.8) is 0 Å². The molecule has 0 amide bonds. The number of phenolic OH excluding ortho intramolecular Hbond substituents is 1. The average molecular weight is 402 g/mol. The van der Waals surface area contributed by atoms with Gasteiger partial charge in [-0.2, -0.15) is 13.2 Å². The monoisotopic (exact) mass is 401 g/mol. The molecule has 10 heteroatoms. The number of carboxylic acid groups (broad SMARTS) is 1. The Morgan fingerprint density at radius 3 is 2.41 bits per heavy atom. The number of nitrogens with zero attached hydrogens (tertiary/aromatic N) is 1. The molecule has 0 unspecified atom stereocenters. The molecule has 0 aliphatic rings. The fourth-order valence-electron chi connectivity index (χ4n) is 2.31. The standard InChI is InChI=1S/C17H11ClF3NO5/c18-12-4-3-9(14(8-12)17(19,20)21)5-13(22(26)27)6-10-1-2-11(16(24)25)7-15(10)23/h1-4,6-8,23H,5H2,(H,24,25). The molecule has 0 spiro atoms. The zero-order valence-corrected chi connectivity index (χ0v) is 14.1. The fraction of sp³-hybridized carbons (Fsp3) is 0.118. The van der Waals surface area contributed by atoms with Crippen LogP contribution in [0.3, 0.4) is 0 Å². The second-order valence-electron chi connectivity index (χ2n) is 5.45. The number of aromatic carboxylic acids is 1. The first kappa shape index (κ1) is 20.2. The van der Waals surface area contributed by atoms with E-state index in [0.717, 1.165) is 30.3 Å². The van der Waals surface area contributed by atoms with Crippen molar-refractivity contribution in [1.29, 1.82) is 0 Å². The van der Waals surface area contributed by atoms with Crippen LogP contribution in [0, 0.1) is 10.1 Å². The Kier molecular flexibility index (Phi) is 5.75. The van der Waals surface area contributed by atoms with Crippen molar-refractivity contribution in [3.05, 3.63) is 79.5 Å². The van der Waals surface area contributed by atoms with Crippen LogP contribution in [-0.4, -0.2) is 21.1 Å². The molecule has 0 heterocycles. The van der Waals surface area contributed by atoms with E-state index in [0.29, 0.717) is 6.07 Å². The van der Waals surface area contributed by atoms with Crippen LogP contribution in [0.4, 0.5) is 13.2 Å². The third kappa shape index (κ3) is 4.98. The van der Waals surface area contributed by atoms with Crippen LogP contribution in [0.15, 0.2) is 42.1 Å². The van der Waals surface area contributed by atoms with Gasteiger partial charge in [0.2, 0.25) is 0 Å². The Labute approximate surface area is 155 Å². The lowest BCUT2D eigenvalue weighted by Crippen LogP contribution is -2.12. The smallest absolute Gasteiger partial charge is 0.416 e. The molecule has 6 nitrogen and oxygen atoms in total. The molecule has 0 saturated heterocycles. The van der Waals surface area contributed by atoms with Crippen LogP contribution in [0.1, 0.15) is 27.0 Å². The molecular weight excluding hydrogens is 391 g/mol. The summed E-state index contributed by atoms with van der Waals surface area (Å²) in [5.41, 5.74) is -2.44. The van der Waals surface area contributed by atoms with Gasteiger partial charge in [0.1, 0.15) is 5.75 Å². The van der Waals surface area contributed by atoms with Crippen molar-refractivity contribution in [2.24, 2.45) is 0 Å². The Hall–Kier alpha value is -3.07. The van der Waals surface area contributed by atoms with E-state index in [1.165, 1.54) is 6.07 Å². The molecule has 142 valence electrons. The SMILES string of the molecule is O=C(O)c1ccc(C=C(Cc2ccc(Cl)cc2C(F)(F)F)[N+](=O)[O-])c(O)c1. The Bertz CT molecular complexity index is 941. The van der Waals surface area contributed by atoms with E-state index >= 15 is 0 Å². The van der Waals surface area contributed by atoms with Crippen molar-refractivity contribution in [2.45, 2.75) is 12.6 Å². The Balaban J connectivity index is 2.48. The third-order valence-electron chi connectivity index (χ3n) is 3.58. The maximum Gasteiger partial charge on any atom is 0.416 e. The molecule has 2 aromatic carbocycles. The largest absolute Gasteiger partial charge is 0.507 e. The molecule has 2 N–H and O–H groups in total. The van der Waals surface area contributed by atoms with Crippen LogP contribution in [-0.2, 0) is 12.6 Å². The molecule has 0 aliphatic carbocycles. The van der Waals surface area contributed by atoms with E-state index in [1.54, 1.807) is 0 Å².